The minimum absolute atomic E-state index is 0.129. The van der Waals surface area contributed by atoms with Gasteiger partial charge >= 0.3 is 13.0 Å². The van der Waals surface area contributed by atoms with Gasteiger partial charge in [0.1, 0.15) is 0 Å². The summed E-state index contributed by atoms with van der Waals surface area (Å²) in [5.41, 5.74) is 6.28. The Hall–Kier alpha value is -0.800. The number of carbonyl (C=O) groups is 1. The molecule has 0 saturated carbocycles. The molecule has 0 saturated heterocycles. The normalized spacial score (nSPS) is 10.8. The lowest BCUT2D eigenvalue weighted by Gasteiger charge is -2.09. The van der Waals surface area contributed by atoms with E-state index in [0.29, 0.717) is 0 Å². The first-order valence-electron chi connectivity index (χ1n) is 4.16. The molecule has 0 heterocycles. The second-order valence-corrected chi connectivity index (χ2v) is 4.26. The molecule has 0 rings (SSSR count). The number of Topliss-reactive ketones (excluding diaryl/α,β-unsaturated/α-hetero) is 1. The van der Waals surface area contributed by atoms with E-state index in [4.69, 9.17) is 14.6 Å². The zero-order valence-electron chi connectivity index (χ0n) is 8.44. The molecule has 0 aliphatic heterocycles. The van der Waals surface area contributed by atoms with Crippen molar-refractivity contribution in [3.05, 3.63) is 0 Å². The standard InChI is InChI=1S/C7H14N2O4P/c1-4-12-14(11,13-5-2)7(9-8)6(3)10/h8H,4-5H2,1-3H3/q+1. The Labute approximate surface area is 82.4 Å². The minimum atomic E-state index is -3.67. The Morgan fingerprint density at radius 3 is 2.00 bits per heavy atom. The van der Waals surface area contributed by atoms with Crippen LogP contribution in [0, 0.1) is 5.53 Å². The molecule has 14 heavy (non-hydrogen) atoms. The van der Waals surface area contributed by atoms with Crippen LogP contribution >= 0.6 is 7.60 Å². The van der Waals surface area contributed by atoms with Gasteiger partial charge < -0.3 is 9.05 Å². The first-order valence-corrected chi connectivity index (χ1v) is 5.71. The highest BCUT2D eigenvalue weighted by molar-refractivity contribution is 7.74. The zero-order valence-corrected chi connectivity index (χ0v) is 9.34. The van der Waals surface area contributed by atoms with Gasteiger partial charge in [0.05, 0.1) is 23.5 Å². The summed E-state index contributed by atoms with van der Waals surface area (Å²) in [6.45, 7) is 4.66. The van der Waals surface area contributed by atoms with Gasteiger partial charge in [-0.1, -0.05) is 0 Å². The number of nitrogens with zero attached hydrogens (tertiary/aromatic N) is 1. The lowest BCUT2D eigenvalue weighted by molar-refractivity contribution is -0.133. The van der Waals surface area contributed by atoms with Crippen LogP contribution in [-0.2, 0) is 18.4 Å². The summed E-state index contributed by atoms with van der Waals surface area (Å²) < 4.78 is 21.6. The molecule has 0 unspecified atom stereocenters. The molecule has 0 aromatic rings. The van der Waals surface area contributed by atoms with Crippen LogP contribution in [0.5, 0.6) is 0 Å². The molecule has 0 radical (unpaired) electrons. The summed E-state index contributed by atoms with van der Waals surface area (Å²) in [6, 6.07) is 0. The topological polar surface area (TPSA) is 90.6 Å². The van der Waals surface area contributed by atoms with E-state index in [9.17, 15) is 9.36 Å². The molecule has 0 spiro atoms. The van der Waals surface area contributed by atoms with Gasteiger partial charge in [-0.3, -0.25) is 4.79 Å². The summed E-state index contributed by atoms with van der Waals surface area (Å²) in [6.07, 6.45) is 0. The molecule has 80 valence electrons. The smallest absolute Gasteiger partial charge is 0.300 e. The van der Waals surface area contributed by atoms with Crippen LogP contribution in [0.2, 0.25) is 0 Å². The summed E-state index contributed by atoms with van der Waals surface area (Å²) in [7, 11) is -3.67. The molecule has 0 atom stereocenters. The highest BCUT2D eigenvalue weighted by atomic mass is 31.2. The van der Waals surface area contributed by atoms with E-state index in [0.717, 1.165) is 6.92 Å². The van der Waals surface area contributed by atoms with Crippen molar-refractivity contribution in [3.8, 4) is 0 Å². The van der Waals surface area contributed by atoms with Gasteiger partial charge in [-0.25, -0.2) is 4.57 Å². The second-order valence-electron chi connectivity index (χ2n) is 2.32. The van der Waals surface area contributed by atoms with Crippen molar-refractivity contribution < 1.29 is 23.2 Å². The maximum Gasteiger partial charge on any atom is 0.492 e. The summed E-state index contributed by atoms with van der Waals surface area (Å²) in [5, 5.41) is 0. The van der Waals surface area contributed by atoms with Crippen LogP contribution in [0.25, 0.3) is 0 Å². The average molecular weight is 221 g/mol. The van der Waals surface area contributed by atoms with Crippen molar-refractivity contribution in [2.45, 2.75) is 20.8 Å². The Bertz CT molecular complexity index is 299. The van der Waals surface area contributed by atoms with E-state index in [1.165, 1.54) is 0 Å². The van der Waals surface area contributed by atoms with Crippen LogP contribution in [-0.4, -0.2) is 29.2 Å². The third kappa shape index (κ3) is 3.16. The van der Waals surface area contributed by atoms with Crippen LogP contribution in [0.15, 0.2) is 0 Å². The van der Waals surface area contributed by atoms with Crippen molar-refractivity contribution in [3.63, 3.8) is 0 Å². The number of hydrogen-bond acceptors (Lipinski definition) is 5. The molecular formula is C7H14N2O4P+. The highest BCUT2D eigenvalue weighted by Crippen LogP contribution is 2.48. The van der Waals surface area contributed by atoms with Gasteiger partial charge in [-0.2, -0.15) is 0 Å². The van der Waals surface area contributed by atoms with Gasteiger partial charge in [0, 0.05) is 6.92 Å². The summed E-state index contributed by atoms with van der Waals surface area (Å²) in [4.78, 5) is 13.9. The van der Waals surface area contributed by atoms with Crippen LogP contribution in [0.3, 0.4) is 0 Å². The van der Waals surface area contributed by atoms with Crippen molar-refractivity contribution in [1.82, 2.24) is 0 Å². The number of ketones is 1. The number of nitrogens with one attached hydrogen (secondary N) is 1. The fourth-order valence-corrected chi connectivity index (χ4v) is 2.34. The van der Waals surface area contributed by atoms with Crippen LogP contribution in [0.1, 0.15) is 20.8 Å². The van der Waals surface area contributed by atoms with E-state index < -0.39 is 18.8 Å². The van der Waals surface area contributed by atoms with E-state index in [1.807, 2.05) is 0 Å². The lowest BCUT2D eigenvalue weighted by Crippen LogP contribution is -2.16. The van der Waals surface area contributed by atoms with E-state index in [1.54, 1.807) is 13.8 Å². The SMILES string of the molecule is CCOP(=O)(OCC)C(=[N+]=N)C(C)=O. The number of hydrogen-bond donors (Lipinski definition) is 1. The Kier molecular flexibility index (Phi) is 5.50. The molecule has 0 aliphatic rings. The maximum atomic E-state index is 11.9. The summed E-state index contributed by atoms with van der Waals surface area (Å²) >= 11 is 0. The summed E-state index contributed by atoms with van der Waals surface area (Å²) in [5.74, 6) is -0.578. The minimum Gasteiger partial charge on any atom is -0.300 e. The second kappa shape index (κ2) is 5.83. The molecule has 0 fully saturated rings. The molecule has 6 nitrogen and oxygen atoms in total. The molecule has 1 N–H and O–H groups in total. The van der Waals surface area contributed by atoms with Crippen molar-refractivity contribution in [2.75, 3.05) is 13.2 Å². The molecule has 0 amide bonds. The van der Waals surface area contributed by atoms with Gasteiger partial charge in [-0.15, -0.1) is 0 Å². The number of rotatable bonds is 6. The predicted octanol–water partition coefficient (Wildman–Crippen LogP) is 1.48. The van der Waals surface area contributed by atoms with Crippen molar-refractivity contribution >= 4 is 18.8 Å². The molecule has 0 aromatic carbocycles. The molecule has 7 heteroatoms. The van der Waals surface area contributed by atoms with Gasteiger partial charge in [-0.05, 0) is 13.8 Å². The zero-order chi connectivity index (χ0) is 11.2. The Balaban J connectivity index is 5.08. The molecule has 0 aliphatic carbocycles. The van der Waals surface area contributed by atoms with Crippen molar-refractivity contribution in [1.29, 1.82) is 5.53 Å². The molecule has 0 bridgehead atoms. The third-order valence-electron chi connectivity index (χ3n) is 1.28. The first kappa shape index (κ1) is 13.2. The van der Waals surface area contributed by atoms with Gasteiger partial charge in [0.15, 0.2) is 0 Å². The van der Waals surface area contributed by atoms with E-state index in [2.05, 4.69) is 4.79 Å². The number of carbonyl (C=O) groups excluding carboxylic acids is 1. The van der Waals surface area contributed by atoms with Crippen LogP contribution in [0.4, 0.5) is 0 Å². The quantitative estimate of drug-likeness (QED) is 0.318. The average Bonchev–Trinajstić information content (AvgIpc) is 2.04. The maximum absolute atomic E-state index is 11.9. The van der Waals surface area contributed by atoms with E-state index in [-0.39, 0.29) is 13.2 Å². The monoisotopic (exact) mass is 221 g/mol. The van der Waals surface area contributed by atoms with E-state index >= 15 is 0 Å². The fourth-order valence-electron chi connectivity index (χ4n) is 0.832. The van der Waals surface area contributed by atoms with Gasteiger partial charge in [0.2, 0.25) is 0 Å². The van der Waals surface area contributed by atoms with Gasteiger partial charge in [0.25, 0.3) is 5.78 Å². The lowest BCUT2D eigenvalue weighted by atomic mass is 10.5. The van der Waals surface area contributed by atoms with Crippen molar-refractivity contribution in [2.24, 2.45) is 0 Å². The Morgan fingerprint density at radius 1 is 1.36 bits per heavy atom. The Morgan fingerprint density at radius 2 is 1.79 bits per heavy atom. The molecule has 0 aromatic heterocycles. The third-order valence-corrected chi connectivity index (χ3v) is 3.41. The predicted molar refractivity (Wildman–Crippen MR) is 49.5 cm³/mol. The first-order chi connectivity index (χ1) is 6.51. The van der Waals surface area contributed by atoms with Crippen LogP contribution < -0.4 is 0 Å². The fraction of sp³-hybridized carbons (Fsp3) is 0.714. The largest absolute Gasteiger partial charge is 0.492 e. The molecular weight excluding hydrogens is 207 g/mol. The highest BCUT2D eigenvalue weighted by Gasteiger charge is 2.45.